The first kappa shape index (κ1) is 34.3. The van der Waals surface area contributed by atoms with Gasteiger partial charge in [-0.3, -0.25) is 9.59 Å². The van der Waals surface area contributed by atoms with Crippen LogP contribution < -0.4 is 0 Å². The minimum absolute atomic E-state index is 0.127. The van der Waals surface area contributed by atoms with Crippen molar-refractivity contribution >= 4 is 88.2 Å². The van der Waals surface area contributed by atoms with Crippen molar-refractivity contribution in [3.8, 4) is 0 Å². The van der Waals surface area contributed by atoms with E-state index in [1.54, 1.807) is 11.1 Å². The number of hydrogen-bond donors (Lipinski definition) is 0. The molecule has 6 aliphatic carbocycles. The Labute approximate surface area is 359 Å². The minimum Gasteiger partial charge on any atom is -0.469 e. The standard InChI is InChI=1S/C58H44O4/c1-55(19-10-16-40(59)61-2,37-12-6-4-7-13-37)28-35-25-33-24-32-23-31-22-30-18-21-56-29-36-26-34-27-39(35)47-45(33)48-42(32)43(31)51-52-50(48)49(47)44(34)46(36)54(52)58(56,53(30)51)57(56,20-11-17-41(60)62-3)38-14-8-5-9-15-38/h4-9,12-15,18,21-22,24-25,27,29H,10-11,16-17,19-20,23,26,28H2,1-3H3. The summed E-state index contributed by atoms with van der Waals surface area (Å²) in [6.07, 6.45) is 14.8. The zero-order valence-corrected chi connectivity index (χ0v) is 35.3. The SMILES string of the molecule is COC(=O)CCCC(C)(Cc1cc2cc3c4c5c(cc6c7c5c5c8c9c%10c(cc1c1c2c4c5c%101)CC9=CC1(C=C6)C(CCCC(=O)OC)(c2ccccc2)C781)C3)c1ccccc1. The van der Waals surface area contributed by atoms with Crippen molar-refractivity contribution in [1.29, 1.82) is 0 Å². The predicted molar refractivity (Wildman–Crippen MR) is 249 cm³/mol. The molecule has 0 radical (unpaired) electrons. The number of allylic oxidation sites excluding steroid dienone is 3. The lowest BCUT2D eigenvalue weighted by Gasteiger charge is -2.32. The number of esters is 2. The monoisotopic (exact) mass is 804 g/mol. The first-order chi connectivity index (χ1) is 30.3. The second kappa shape index (κ2) is 10.8. The summed E-state index contributed by atoms with van der Waals surface area (Å²) in [6.45, 7) is 2.41. The lowest BCUT2D eigenvalue weighted by Crippen LogP contribution is -2.26. The van der Waals surface area contributed by atoms with Gasteiger partial charge in [0.05, 0.1) is 14.2 Å². The van der Waals surface area contributed by atoms with Crippen LogP contribution in [0, 0.1) is 5.41 Å². The van der Waals surface area contributed by atoms with Crippen LogP contribution in [0.4, 0.5) is 0 Å². The van der Waals surface area contributed by atoms with Crippen molar-refractivity contribution in [1.82, 2.24) is 0 Å². The lowest BCUT2D eigenvalue weighted by molar-refractivity contribution is -0.141. The molecule has 300 valence electrons. The molecule has 15 rings (SSSR count). The molecular weight excluding hydrogens is 761 g/mol. The van der Waals surface area contributed by atoms with Crippen LogP contribution in [0.1, 0.15) is 101 Å². The van der Waals surface area contributed by atoms with Gasteiger partial charge in [-0.15, -0.1) is 0 Å². The van der Waals surface area contributed by atoms with Crippen molar-refractivity contribution in [3.05, 3.63) is 153 Å². The van der Waals surface area contributed by atoms with Crippen molar-refractivity contribution in [2.24, 2.45) is 5.41 Å². The zero-order chi connectivity index (χ0) is 41.2. The summed E-state index contributed by atoms with van der Waals surface area (Å²) in [4.78, 5) is 25.2. The van der Waals surface area contributed by atoms with Crippen LogP contribution in [0.25, 0.3) is 76.3 Å². The maximum Gasteiger partial charge on any atom is 0.305 e. The van der Waals surface area contributed by atoms with Crippen LogP contribution in [-0.4, -0.2) is 26.2 Å². The van der Waals surface area contributed by atoms with Gasteiger partial charge >= 0.3 is 11.9 Å². The van der Waals surface area contributed by atoms with Gasteiger partial charge in [-0.25, -0.2) is 0 Å². The summed E-state index contributed by atoms with van der Waals surface area (Å²) in [5.41, 5.74) is 15.2. The second-order valence-electron chi connectivity index (χ2n) is 20.1. The molecule has 4 unspecified atom stereocenters. The zero-order valence-electron chi connectivity index (χ0n) is 35.3. The third-order valence-corrected chi connectivity index (χ3v) is 17.7. The fourth-order valence-corrected chi connectivity index (χ4v) is 15.8. The number of methoxy groups -OCH3 is 2. The van der Waals surface area contributed by atoms with Crippen LogP contribution in [-0.2, 0) is 54.6 Å². The number of benzene rings is 8. The second-order valence-corrected chi connectivity index (χ2v) is 20.1. The summed E-state index contributed by atoms with van der Waals surface area (Å²) < 4.78 is 10.3. The van der Waals surface area contributed by atoms with E-state index in [-0.39, 0.29) is 33.6 Å². The van der Waals surface area contributed by atoms with E-state index >= 15 is 0 Å². The fourth-order valence-electron chi connectivity index (χ4n) is 15.8. The van der Waals surface area contributed by atoms with E-state index in [0.29, 0.717) is 12.8 Å². The van der Waals surface area contributed by atoms with Gasteiger partial charge in [-0.2, -0.15) is 0 Å². The van der Waals surface area contributed by atoms with Gasteiger partial charge in [0.2, 0.25) is 0 Å². The quantitative estimate of drug-likeness (QED) is 0.0912. The molecule has 1 saturated carbocycles. The van der Waals surface area contributed by atoms with Gasteiger partial charge in [-0.1, -0.05) is 104 Å². The average molecular weight is 805 g/mol. The van der Waals surface area contributed by atoms with E-state index in [0.717, 1.165) is 44.9 Å². The molecule has 9 aromatic carbocycles. The molecule has 0 aromatic heterocycles. The van der Waals surface area contributed by atoms with Gasteiger partial charge in [0.1, 0.15) is 0 Å². The van der Waals surface area contributed by atoms with Gasteiger partial charge in [0.15, 0.2) is 0 Å². The van der Waals surface area contributed by atoms with Crippen molar-refractivity contribution in [2.45, 2.75) is 81.0 Å². The molecule has 1 spiro atoms. The molecule has 0 heterocycles. The van der Waals surface area contributed by atoms with E-state index < -0.39 is 0 Å². The topological polar surface area (TPSA) is 52.6 Å². The Hall–Kier alpha value is -6.26. The molecule has 0 bridgehead atoms. The number of rotatable bonds is 12. The highest BCUT2D eigenvalue weighted by Crippen LogP contribution is 2.91. The summed E-state index contributed by atoms with van der Waals surface area (Å²) in [5, 5.41) is 17.8. The predicted octanol–water partition coefficient (Wildman–Crippen LogP) is 12.5. The van der Waals surface area contributed by atoms with Crippen LogP contribution >= 0.6 is 0 Å². The smallest absolute Gasteiger partial charge is 0.305 e. The Bertz CT molecular complexity index is 3630. The summed E-state index contributed by atoms with van der Waals surface area (Å²) in [6, 6.07) is 32.7. The minimum atomic E-state index is -0.257. The Morgan fingerprint density at radius 2 is 1.35 bits per heavy atom. The average Bonchev–Trinajstić information content (AvgIpc) is 3.80. The van der Waals surface area contributed by atoms with Crippen LogP contribution in [0.5, 0.6) is 0 Å². The Morgan fingerprint density at radius 1 is 0.677 bits per heavy atom. The molecule has 62 heavy (non-hydrogen) atoms. The van der Waals surface area contributed by atoms with Gasteiger partial charge < -0.3 is 9.47 Å². The third kappa shape index (κ3) is 3.43. The Balaban J connectivity index is 1.06. The first-order valence-corrected chi connectivity index (χ1v) is 22.8. The largest absolute Gasteiger partial charge is 0.469 e. The molecular formula is C58H44O4. The Kier molecular flexibility index (Phi) is 6.01. The number of hydrogen-bond acceptors (Lipinski definition) is 4. The van der Waals surface area contributed by atoms with E-state index in [9.17, 15) is 9.59 Å². The third-order valence-electron chi connectivity index (χ3n) is 17.7. The van der Waals surface area contributed by atoms with Crippen LogP contribution in [0.3, 0.4) is 0 Å². The highest BCUT2D eigenvalue weighted by Gasteiger charge is 2.89. The number of carbonyl (C=O) groups is 2. The highest BCUT2D eigenvalue weighted by molar-refractivity contribution is 6.52. The number of ether oxygens (including phenoxy) is 2. The van der Waals surface area contributed by atoms with E-state index in [1.165, 1.54) is 129 Å². The summed E-state index contributed by atoms with van der Waals surface area (Å²) in [7, 11) is 3.01. The Morgan fingerprint density at radius 3 is 2.15 bits per heavy atom. The van der Waals surface area contributed by atoms with E-state index in [1.807, 2.05) is 0 Å². The molecule has 4 nitrogen and oxygen atoms in total. The van der Waals surface area contributed by atoms with Crippen LogP contribution in [0.2, 0.25) is 0 Å². The molecule has 0 amide bonds. The first-order valence-electron chi connectivity index (χ1n) is 22.8. The molecule has 0 saturated heterocycles. The van der Waals surface area contributed by atoms with Gasteiger partial charge in [-0.05, 0) is 182 Å². The normalized spacial score (nSPS) is 23.6. The maximum absolute atomic E-state index is 12.8. The summed E-state index contributed by atoms with van der Waals surface area (Å²) in [5.74, 6) is -0.267. The van der Waals surface area contributed by atoms with E-state index in [4.69, 9.17) is 9.47 Å². The number of carbonyl (C=O) groups excluding carboxylic acids is 2. The molecule has 4 heteroatoms. The molecule has 0 N–H and O–H groups in total. The van der Waals surface area contributed by atoms with Gasteiger partial charge in [0.25, 0.3) is 0 Å². The highest BCUT2D eigenvalue weighted by atomic mass is 16.5. The van der Waals surface area contributed by atoms with E-state index in [2.05, 4.69) is 110 Å². The van der Waals surface area contributed by atoms with Gasteiger partial charge in [0, 0.05) is 29.1 Å². The fraction of sp³-hybridized carbons (Fsp3) is 0.276. The molecule has 6 aliphatic rings. The van der Waals surface area contributed by atoms with Crippen LogP contribution in [0.15, 0.2) is 97.1 Å². The molecule has 0 aliphatic heterocycles. The van der Waals surface area contributed by atoms with Crippen molar-refractivity contribution < 1.29 is 19.1 Å². The molecule has 4 atom stereocenters. The maximum atomic E-state index is 12.8. The van der Waals surface area contributed by atoms with Crippen molar-refractivity contribution in [3.63, 3.8) is 0 Å². The van der Waals surface area contributed by atoms with Crippen molar-refractivity contribution in [2.75, 3.05) is 14.2 Å². The lowest BCUT2D eigenvalue weighted by atomic mass is 9.70. The summed E-state index contributed by atoms with van der Waals surface area (Å²) >= 11 is 0. The molecule has 1 fully saturated rings. The molecule has 9 aromatic rings.